The Morgan fingerprint density at radius 1 is 1.44 bits per heavy atom. The maximum atomic E-state index is 12.0. The van der Waals surface area contributed by atoms with E-state index in [1.165, 1.54) is 6.42 Å². The van der Waals surface area contributed by atoms with Crippen molar-refractivity contribution in [3.63, 3.8) is 0 Å². The van der Waals surface area contributed by atoms with Crippen molar-refractivity contribution < 1.29 is 14.3 Å². The number of carbonyl (C=O) groups excluding carboxylic acids is 1. The number of rotatable bonds is 8. The van der Waals surface area contributed by atoms with Gasteiger partial charge in [-0.05, 0) is 25.7 Å². The van der Waals surface area contributed by atoms with Crippen molar-refractivity contribution in [3.8, 4) is 0 Å². The normalized spacial score (nSPS) is 19.8. The monoisotopic (exact) mass is 258 g/mol. The molecule has 5 heteroatoms. The average molecular weight is 258 g/mol. The van der Waals surface area contributed by atoms with E-state index >= 15 is 0 Å². The van der Waals surface area contributed by atoms with Gasteiger partial charge in [-0.2, -0.15) is 0 Å². The van der Waals surface area contributed by atoms with Crippen molar-refractivity contribution in [2.24, 2.45) is 5.73 Å². The molecule has 0 aromatic heterocycles. The Morgan fingerprint density at radius 3 is 2.89 bits per heavy atom. The number of carbonyl (C=O) groups is 1. The van der Waals surface area contributed by atoms with Crippen LogP contribution in [0.15, 0.2) is 0 Å². The lowest BCUT2D eigenvalue weighted by molar-refractivity contribution is -0.132. The zero-order chi connectivity index (χ0) is 13.2. The lowest BCUT2D eigenvalue weighted by Crippen LogP contribution is -2.38. The molecule has 1 heterocycles. The summed E-state index contributed by atoms with van der Waals surface area (Å²) < 4.78 is 10.6. The highest BCUT2D eigenvalue weighted by Gasteiger charge is 2.18. The maximum absolute atomic E-state index is 12.0. The van der Waals surface area contributed by atoms with Crippen molar-refractivity contribution >= 4 is 5.91 Å². The SMILES string of the molecule is COCCN(CCN)C(=O)CCC1CCCCO1. The minimum absolute atomic E-state index is 0.159. The van der Waals surface area contributed by atoms with E-state index in [4.69, 9.17) is 15.2 Å². The van der Waals surface area contributed by atoms with E-state index in [9.17, 15) is 4.79 Å². The fourth-order valence-electron chi connectivity index (χ4n) is 2.20. The molecule has 1 rings (SSSR count). The van der Waals surface area contributed by atoms with E-state index in [1.807, 2.05) is 0 Å². The number of ether oxygens (including phenoxy) is 2. The Bertz CT molecular complexity index is 230. The molecular weight excluding hydrogens is 232 g/mol. The third kappa shape index (κ3) is 5.80. The van der Waals surface area contributed by atoms with Crippen LogP contribution in [0.25, 0.3) is 0 Å². The summed E-state index contributed by atoms with van der Waals surface area (Å²) in [6.07, 6.45) is 5.10. The molecule has 106 valence electrons. The van der Waals surface area contributed by atoms with E-state index in [0.717, 1.165) is 25.9 Å². The number of hydrogen-bond acceptors (Lipinski definition) is 4. The maximum Gasteiger partial charge on any atom is 0.222 e. The number of methoxy groups -OCH3 is 1. The number of nitrogens with two attached hydrogens (primary N) is 1. The van der Waals surface area contributed by atoms with Crippen LogP contribution in [0.4, 0.5) is 0 Å². The summed E-state index contributed by atoms with van der Waals surface area (Å²) in [5.41, 5.74) is 5.52. The van der Waals surface area contributed by atoms with Crippen molar-refractivity contribution in [2.45, 2.75) is 38.2 Å². The van der Waals surface area contributed by atoms with Gasteiger partial charge in [0.15, 0.2) is 0 Å². The second-order valence-electron chi connectivity index (χ2n) is 4.69. The Hall–Kier alpha value is -0.650. The largest absolute Gasteiger partial charge is 0.383 e. The molecule has 1 saturated heterocycles. The first-order valence-electron chi connectivity index (χ1n) is 6.86. The summed E-state index contributed by atoms with van der Waals surface area (Å²) in [4.78, 5) is 13.8. The summed E-state index contributed by atoms with van der Waals surface area (Å²) in [5.74, 6) is 0.159. The smallest absolute Gasteiger partial charge is 0.222 e. The second kappa shape index (κ2) is 9.30. The van der Waals surface area contributed by atoms with Crippen molar-refractivity contribution in [1.82, 2.24) is 4.90 Å². The first-order valence-corrected chi connectivity index (χ1v) is 6.86. The van der Waals surface area contributed by atoms with Crippen molar-refractivity contribution in [1.29, 1.82) is 0 Å². The Morgan fingerprint density at radius 2 is 2.28 bits per heavy atom. The van der Waals surface area contributed by atoms with Gasteiger partial charge in [-0.3, -0.25) is 4.79 Å². The first kappa shape index (κ1) is 15.4. The highest BCUT2D eigenvalue weighted by Crippen LogP contribution is 2.17. The molecule has 0 saturated carbocycles. The highest BCUT2D eigenvalue weighted by molar-refractivity contribution is 5.76. The van der Waals surface area contributed by atoms with Gasteiger partial charge >= 0.3 is 0 Å². The van der Waals surface area contributed by atoms with Crippen LogP contribution in [-0.4, -0.2) is 56.9 Å². The fraction of sp³-hybridized carbons (Fsp3) is 0.923. The number of nitrogens with zero attached hydrogens (tertiary/aromatic N) is 1. The summed E-state index contributed by atoms with van der Waals surface area (Å²) in [7, 11) is 1.64. The molecular formula is C13H26N2O3. The number of amides is 1. The topological polar surface area (TPSA) is 64.8 Å². The molecule has 0 bridgehead atoms. The van der Waals surface area contributed by atoms with Gasteiger partial charge in [0.1, 0.15) is 0 Å². The van der Waals surface area contributed by atoms with E-state index in [-0.39, 0.29) is 12.0 Å². The van der Waals surface area contributed by atoms with Gasteiger partial charge in [0.05, 0.1) is 12.7 Å². The molecule has 2 N–H and O–H groups in total. The summed E-state index contributed by atoms with van der Waals surface area (Å²) in [5, 5.41) is 0. The Balaban J connectivity index is 2.26. The minimum Gasteiger partial charge on any atom is -0.383 e. The van der Waals surface area contributed by atoms with Crippen LogP contribution >= 0.6 is 0 Å². The number of hydrogen-bond donors (Lipinski definition) is 1. The average Bonchev–Trinajstić information content (AvgIpc) is 2.42. The first-order chi connectivity index (χ1) is 8.77. The molecule has 0 spiro atoms. The minimum atomic E-state index is 0.159. The van der Waals surface area contributed by atoms with Gasteiger partial charge < -0.3 is 20.1 Å². The van der Waals surface area contributed by atoms with Crippen LogP contribution < -0.4 is 5.73 Å². The zero-order valence-corrected chi connectivity index (χ0v) is 11.4. The summed E-state index contributed by atoms with van der Waals surface area (Å²) >= 11 is 0. The van der Waals surface area contributed by atoms with Gasteiger partial charge in [0, 0.05) is 39.8 Å². The van der Waals surface area contributed by atoms with Gasteiger partial charge in [0.25, 0.3) is 0 Å². The van der Waals surface area contributed by atoms with Gasteiger partial charge in [-0.1, -0.05) is 0 Å². The molecule has 0 aromatic carbocycles. The lowest BCUT2D eigenvalue weighted by atomic mass is 10.0. The molecule has 0 aromatic rings. The molecule has 1 fully saturated rings. The molecule has 1 atom stereocenters. The zero-order valence-electron chi connectivity index (χ0n) is 11.4. The highest BCUT2D eigenvalue weighted by atomic mass is 16.5. The predicted molar refractivity (Wildman–Crippen MR) is 70.3 cm³/mol. The van der Waals surface area contributed by atoms with Gasteiger partial charge in [0.2, 0.25) is 5.91 Å². The Labute approximate surface area is 110 Å². The van der Waals surface area contributed by atoms with Crippen molar-refractivity contribution in [3.05, 3.63) is 0 Å². The third-order valence-electron chi connectivity index (χ3n) is 3.27. The van der Waals surface area contributed by atoms with E-state index < -0.39 is 0 Å². The molecule has 1 aliphatic rings. The van der Waals surface area contributed by atoms with Crippen LogP contribution in [0.1, 0.15) is 32.1 Å². The standard InChI is InChI=1S/C13H26N2O3/c1-17-11-9-15(8-7-14)13(16)6-5-12-4-2-3-10-18-12/h12H,2-11,14H2,1H3. The van der Waals surface area contributed by atoms with E-state index in [1.54, 1.807) is 12.0 Å². The molecule has 0 aliphatic carbocycles. The van der Waals surface area contributed by atoms with Crippen LogP contribution in [0.2, 0.25) is 0 Å². The fourth-order valence-corrected chi connectivity index (χ4v) is 2.20. The third-order valence-corrected chi connectivity index (χ3v) is 3.27. The summed E-state index contributed by atoms with van der Waals surface area (Å²) in [6, 6.07) is 0. The molecule has 18 heavy (non-hydrogen) atoms. The van der Waals surface area contributed by atoms with Crippen molar-refractivity contribution in [2.75, 3.05) is 40.0 Å². The van der Waals surface area contributed by atoms with Gasteiger partial charge in [-0.25, -0.2) is 0 Å². The van der Waals surface area contributed by atoms with Crippen LogP contribution in [-0.2, 0) is 14.3 Å². The van der Waals surface area contributed by atoms with E-state index in [2.05, 4.69) is 0 Å². The molecule has 1 unspecified atom stereocenters. The lowest BCUT2D eigenvalue weighted by Gasteiger charge is -2.25. The molecule has 1 amide bonds. The van der Waals surface area contributed by atoms with E-state index in [0.29, 0.717) is 32.7 Å². The van der Waals surface area contributed by atoms with Crippen LogP contribution in [0.5, 0.6) is 0 Å². The molecule has 5 nitrogen and oxygen atoms in total. The predicted octanol–water partition coefficient (Wildman–Crippen LogP) is 0.769. The molecule has 0 radical (unpaired) electrons. The summed E-state index contributed by atoms with van der Waals surface area (Å²) in [6.45, 7) is 3.13. The Kier molecular flexibility index (Phi) is 7.96. The van der Waals surface area contributed by atoms with Gasteiger partial charge in [-0.15, -0.1) is 0 Å². The molecule has 1 aliphatic heterocycles. The van der Waals surface area contributed by atoms with Crippen LogP contribution in [0, 0.1) is 0 Å². The second-order valence-corrected chi connectivity index (χ2v) is 4.69. The quantitative estimate of drug-likeness (QED) is 0.698. The van der Waals surface area contributed by atoms with Crippen LogP contribution in [0.3, 0.4) is 0 Å².